The molecular formula is C14H26O3Si. The van der Waals surface area contributed by atoms with Crippen LogP contribution in [0.25, 0.3) is 0 Å². The van der Waals surface area contributed by atoms with Gasteiger partial charge < -0.3 is 9.84 Å². The molecule has 0 bridgehead atoms. The number of allylic oxidation sites excluding steroid dienone is 1. The average Bonchev–Trinajstić information content (AvgIpc) is 2.25. The second-order valence-electron chi connectivity index (χ2n) is 5.62. The molecular weight excluding hydrogens is 244 g/mol. The number of hydrogen-bond acceptors (Lipinski definition) is 3. The summed E-state index contributed by atoms with van der Waals surface area (Å²) in [5, 5.41) is 10.1. The van der Waals surface area contributed by atoms with E-state index in [1.165, 1.54) is 6.08 Å². The molecule has 0 fully saturated rings. The van der Waals surface area contributed by atoms with Gasteiger partial charge >= 0.3 is 5.97 Å². The van der Waals surface area contributed by atoms with Gasteiger partial charge in [-0.25, -0.2) is 0 Å². The topological polar surface area (TPSA) is 46.5 Å². The summed E-state index contributed by atoms with van der Waals surface area (Å²) in [5.41, 5.74) is 0.140. The lowest BCUT2D eigenvalue weighted by Gasteiger charge is -2.33. The molecule has 0 heterocycles. The highest BCUT2D eigenvalue weighted by Gasteiger charge is 2.38. The Labute approximate surface area is 112 Å². The van der Waals surface area contributed by atoms with Gasteiger partial charge in [0, 0.05) is 8.07 Å². The second kappa shape index (κ2) is 7.54. The Bertz CT molecular complexity index is 305. The summed E-state index contributed by atoms with van der Waals surface area (Å²) in [7, 11) is -1.54. The van der Waals surface area contributed by atoms with Crippen LogP contribution in [0.1, 0.15) is 13.8 Å². The molecule has 0 spiro atoms. The normalized spacial score (nSPS) is 17.2. The SMILES string of the molecule is C=CCOC(=O)[C@H]([C@H](O)/C=C/C)[C@@H](C)[Si](C)(C)C. The average molecular weight is 270 g/mol. The fraction of sp³-hybridized carbons (Fsp3) is 0.643. The van der Waals surface area contributed by atoms with Crippen molar-refractivity contribution in [1.29, 1.82) is 0 Å². The van der Waals surface area contributed by atoms with Gasteiger partial charge in [-0.1, -0.05) is 51.4 Å². The Morgan fingerprint density at radius 2 is 2.00 bits per heavy atom. The van der Waals surface area contributed by atoms with Crippen molar-refractivity contribution in [3.8, 4) is 0 Å². The van der Waals surface area contributed by atoms with Crippen LogP contribution in [0.4, 0.5) is 0 Å². The summed E-state index contributed by atoms with van der Waals surface area (Å²) >= 11 is 0. The van der Waals surface area contributed by atoms with Crippen LogP contribution < -0.4 is 0 Å². The van der Waals surface area contributed by atoms with E-state index in [0.29, 0.717) is 0 Å². The minimum atomic E-state index is -1.54. The van der Waals surface area contributed by atoms with Gasteiger partial charge in [0.25, 0.3) is 0 Å². The molecule has 4 heteroatoms. The fourth-order valence-corrected chi connectivity index (χ4v) is 3.14. The summed E-state index contributed by atoms with van der Waals surface area (Å²) in [4.78, 5) is 12.1. The molecule has 0 aromatic rings. The van der Waals surface area contributed by atoms with E-state index in [9.17, 15) is 9.90 Å². The second-order valence-corrected chi connectivity index (χ2v) is 11.3. The molecule has 0 aliphatic carbocycles. The van der Waals surface area contributed by atoms with Crippen LogP contribution in [-0.4, -0.2) is 31.9 Å². The maximum absolute atomic E-state index is 12.1. The molecule has 0 aliphatic heterocycles. The molecule has 0 rings (SSSR count). The lowest BCUT2D eigenvalue weighted by molar-refractivity contribution is -0.150. The number of ether oxygens (including phenoxy) is 1. The Morgan fingerprint density at radius 3 is 2.39 bits per heavy atom. The van der Waals surface area contributed by atoms with Crippen molar-refractivity contribution in [1.82, 2.24) is 0 Å². The van der Waals surface area contributed by atoms with Crippen LogP contribution in [-0.2, 0) is 9.53 Å². The van der Waals surface area contributed by atoms with Gasteiger partial charge in [-0.2, -0.15) is 0 Å². The first-order valence-corrected chi connectivity index (χ1v) is 9.91. The maximum atomic E-state index is 12.1. The Kier molecular flexibility index (Phi) is 7.17. The predicted octanol–water partition coefficient (Wildman–Crippen LogP) is 3.00. The number of aliphatic hydroxyl groups is 1. The third-order valence-corrected chi connectivity index (χ3v) is 6.37. The van der Waals surface area contributed by atoms with E-state index >= 15 is 0 Å². The number of aliphatic hydroxyl groups excluding tert-OH is 1. The van der Waals surface area contributed by atoms with Crippen molar-refractivity contribution >= 4 is 14.0 Å². The molecule has 1 N–H and O–H groups in total. The number of carbonyl (C=O) groups is 1. The van der Waals surface area contributed by atoms with Gasteiger partial charge in [-0.15, -0.1) is 0 Å². The zero-order valence-corrected chi connectivity index (χ0v) is 13.1. The lowest BCUT2D eigenvalue weighted by Crippen LogP contribution is -2.41. The molecule has 18 heavy (non-hydrogen) atoms. The molecule has 0 saturated carbocycles. The number of hydrogen-bond donors (Lipinski definition) is 1. The van der Waals surface area contributed by atoms with Crippen LogP contribution >= 0.6 is 0 Å². The van der Waals surface area contributed by atoms with E-state index in [1.807, 2.05) is 13.8 Å². The van der Waals surface area contributed by atoms with E-state index < -0.39 is 20.1 Å². The van der Waals surface area contributed by atoms with Crippen LogP contribution in [0.15, 0.2) is 24.8 Å². The molecule has 0 saturated heterocycles. The Balaban J connectivity index is 5.04. The third-order valence-electron chi connectivity index (χ3n) is 3.28. The summed E-state index contributed by atoms with van der Waals surface area (Å²) in [5.74, 6) is -0.830. The molecule has 104 valence electrons. The van der Waals surface area contributed by atoms with Crippen molar-refractivity contribution in [2.75, 3.05) is 6.61 Å². The van der Waals surface area contributed by atoms with Gasteiger partial charge in [0.2, 0.25) is 0 Å². The van der Waals surface area contributed by atoms with Crippen molar-refractivity contribution in [2.45, 2.75) is 45.1 Å². The molecule has 3 nitrogen and oxygen atoms in total. The van der Waals surface area contributed by atoms with Crippen LogP contribution in [0.2, 0.25) is 25.2 Å². The first-order chi connectivity index (χ1) is 8.25. The standard InChI is InChI=1S/C14H26O3Si/c1-7-9-12(15)13(11(3)18(4,5)6)14(16)17-10-8-2/h7-9,11-13,15H,2,10H2,1,3-6H3/b9-7+/t11-,12-,13+/m1/s1. The highest BCUT2D eigenvalue weighted by Crippen LogP contribution is 2.33. The zero-order chi connectivity index (χ0) is 14.3. The minimum Gasteiger partial charge on any atom is -0.461 e. The Morgan fingerprint density at radius 1 is 1.44 bits per heavy atom. The third kappa shape index (κ3) is 5.19. The molecule has 0 aliphatic rings. The quantitative estimate of drug-likeness (QED) is 0.439. The number of esters is 1. The first-order valence-electron chi connectivity index (χ1n) is 6.34. The van der Waals surface area contributed by atoms with Crippen LogP contribution in [0.5, 0.6) is 0 Å². The number of rotatable bonds is 7. The fourth-order valence-electron chi connectivity index (χ4n) is 1.73. The van der Waals surface area contributed by atoms with E-state index in [2.05, 4.69) is 26.2 Å². The minimum absolute atomic E-state index is 0.140. The smallest absolute Gasteiger partial charge is 0.312 e. The molecule has 0 radical (unpaired) electrons. The Hall–Kier alpha value is -0.873. The summed E-state index contributed by atoms with van der Waals surface area (Å²) in [6.45, 7) is 14.1. The van der Waals surface area contributed by atoms with E-state index in [-0.39, 0.29) is 18.1 Å². The van der Waals surface area contributed by atoms with Gasteiger partial charge in [-0.05, 0) is 12.5 Å². The zero-order valence-electron chi connectivity index (χ0n) is 12.1. The van der Waals surface area contributed by atoms with Gasteiger partial charge in [0.05, 0.1) is 12.0 Å². The lowest BCUT2D eigenvalue weighted by atomic mass is 9.98. The van der Waals surface area contributed by atoms with Gasteiger partial charge in [-0.3, -0.25) is 4.79 Å². The van der Waals surface area contributed by atoms with E-state index in [1.54, 1.807) is 12.2 Å². The number of carbonyl (C=O) groups excluding carboxylic acids is 1. The monoisotopic (exact) mass is 270 g/mol. The summed E-state index contributed by atoms with van der Waals surface area (Å²) in [6, 6.07) is 0. The first kappa shape index (κ1) is 17.1. The van der Waals surface area contributed by atoms with E-state index in [4.69, 9.17) is 4.74 Å². The van der Waals surface area contributed by atoms with Crippen LogP contribution in [0.3, 0.4) is 0 Å². The van der Waals surface area contributed by atoms with Gasteiger partial charge in [0.1, 0.15) is 6.61 Å². The highest BCUT2D eigenvalue weighted by molar-refractivity contribution is 6.77. The molecule has 0 amide bonds. The molecule has 0 unspecified atom stereocenters. The molecule has 3 atom stereocenters. The summed E-state index contributed by atoms with van der Waals surface area (Å²) < 4.78 is 5.11. The summed E-state index contributed by atoms with van der Waals surface area (Å²) in [6.07, 6.45) is 4.16. The maximum Gasteiger partial charge on any atom is 0.312 e. The van der Waals surface area contributed by atoms with Gasteiger partial charge in [0.15, 0.2) is 0 Å². The predicted molar refractivity (Wildman–Crippen MR) is 78.2 cm³/mol. The van der Waals surface area contributed by atoms with Crippen molar-refractivity contribution in [2.24, 2.45) is 5.92 Å². The largest absolute Gasteiger partial charge is 0.461 e. The molecule has 0 aromatic carbocycles. The van der Waals surface area contributed by atoms with Crippen molar-refractivity contribution in [3.05, 3.63) is 24.8 Å². The van der Waals surface area contributed by atoms with Crippen molar-refractivity contribution < 1.29 is 14.6 Å². The van der Waals surface area contributed by atoms with Crippen LogP contribution in [0, 0.1) is 5.92 Å². The van der Waals surface area contributed by atoms with Crippen molar-refractivity contribution in [3.63, 3.8) is 0 Å². The van der Waals surface area contributed by atoms with E-state index in [0.717, 1.165) is 0 Å². The highest BCUT2D eigenvalue weighted by atomic mass is 28.3. The molecule has 0 aromatic heterocycles.